The highest BCUT2D eigenvalue weighted by molar-refractivity contribution is 6.34. The molecule has 1 rings (SSSR count). The highest BCUT2D eigenvalue weighted by Crippen LogP contribution is 2.30. The van der Waals surface area contributed by atoms with Crippen LogP contribution in [0.4, 0.5) is 15.8 Å². The number of halogens is 3. The third-order valence-corrected chi connectivity index (χ3v) is 2.31. The van der Waals surface area contributed by atoms with Crippen LogP contribution in [-0.2, 0) is 4.79 Å². The van der Waals surface area contributed by atoms with Gasteiger partial charge in [-0.25, -0.2) is 9.38 Å². The summed E-state index contributed by atoms with van der Waals surface area (Å²) < 4.78 is 13.6. The number of hydrogen-bond acceptors (Lipinski definition) is 2. The molecule has 0 unspecified atom stereocenters. The molecule has 0 atom stereocenters. The first-order chi connectivity index (χ1) is 7.93. The summed E-state index contributed by atoms with van der Waals surface area (Å²) in [6, 6.07) is 2.49. The van der Waals surface area contributed by atoms with E-state index < -0.39 is 11.7 Å². The van der Waals surface area contributed by atoms with Crippen LogP contribution in [0.25, 0.3) is 0 Å². The minimum atomic E-state index is -0.686. The first-order valence-corrected chi connectivity index (χ1v) is 5.51. The van der Waals surface area contributed by atoms with Crippen LogP contribution in [0.5, 0.6) is 0 Å². The zero-order valence-electron chi connectivity index (χ0n) is 8.93. The van der Waals surface area contributed by atoms with Crippen molar-refractivity contribution in [3.63, 3.8) is 0 Å². The minimum absolute atomic E-state index is 0.0344. The summed E-state index contributed by atoms with van der Waals surface area (Å²) in [6.07, 6.45) is 0. The Morgan fingerprint density at radius 3 is 2.71 bits per heavy atom. The number of amides is 1. The van der Waals surface area contributed by atoms with Gasteiger partial charge in [-0.05, 0) is 6.07 Å². The lowest BCUT2D eigenvalue weighted by atomic mass is 10.2. The molecule has 0 spiro atoms. The molecule has 1 aromatic rings. The van der Waals surface area contributed by atoms with E-state index in [-0.39, 0.29) is 28.1 Å². The fraction of sp³-hybridized carbons (Fsp3) is 0.200. The Labute approximate surface area is 108 Å². The van der Waals surface area contributed by atoms with Gasteiger partial charge in [0, 0.05) is 13.0 Å². The molecule has 0 heterocycles. The standard InChI is InChI=1S/C10H10Cl2FN3O/c1-5(17)15-10-7(12)2-6(3-8(10)13)16-9(14)4-11/h2-3H,4H2,1H3,(H2,14,16)(H,15,17). The SMILES string of the molecule is CC(=O)Nc1c(F)cc(N=C(N)CCl)cc1Cl. The van der Waals surface area contributed by atoms with E-state index in [1.54, 1.807) is 0 Å². The maximum atomic E-state index is 13.6. The lowest BCUT2D eigenvalue weighted by Crippen LogP contribution is -2.12. The minimum Gasteiger partial charge on any atom is -0.386 e. The number of nitrogens with two attached hydrogens (primary N) is 1. The van der Waals surface area contributed by atoms with Crippen LogP contribution in [0, 0.1) is 5.82 Å². The number of anilines is 1. The molecule has 17 heavy (non-hydrogen) atoms. The molecule has 0 aromatic heterocycles. The van der Waals surface area contributed by atoms with Crippen molar-refractivity contribution >= 4 is 46.3 Å². The number of nitrogens with zero attached hydrogens (tertiary/aromatic N) is 1. The van der Waals surface area contributed by atoms with E-state index in [0.29, 0.717) is 0 Å². The molecule has 3 N–H and O–H groups in total. The Bertz CT molecular complexity index is 454. The summed E-state index contributed by atoms with van der Waals surface area (Å²) in [5.74, 6) is -0.919. The summed E-state index contributed by atoms with van der Waals surface area (Å²) in [5.41, 5.74) is 5.56. The third kappa shape index (κ3) is 3.87. The summed E-state index contributed by atoms with van der Waals surface area (Å²) in [4.78, 5) is 14.7. The molecule has 0 radical (unpaired) electrons. The zero-order valence-corrected chi connectivity index (χ0v) is 10.4. The molecular weight excluding hydrogens is 268 g/mol. The van der Waals surface area contributed by atoms with E-state index >= 15 is 0 Å². The molecule has 0 bridgehead atoms. The Hall–Kier alpha value is -1.33. The molecule has 92 valence electrons. The first-order valence-electron chi connectivity index (χ1n) is 4.59. The Kier molecular flexibility index (Phi) is 4.72. The molecule has 1 aromatic carbocycles. The number of hydrogen-bond donors (Lipinski definition) is 2. The van der Waals surface area contributed by atoms with Crippen molar-refractivity contribution < 1.29 is 9.18 Å². The maximum absolute atomic E-state index is 13.6. The predicted octanol–water partition coefficient (Wildman–Crippen LogP) is 2.67. The summed E-state index contributed by atoms with van der Waals surface area (Å²) in [5, 5.41) is 2.33. The van der Waals surface area contributed by atoms with Crippen molar-refractivity contribution in [2.75, 3.05) is 11.2 Å². The van der Waals surface area contributed by atoms with Gasteiger partial charge in [-0.2, -0.15) is 0 Å². The smallest absolute Gasteiger partial charge is 0.221 e. The fourth-order valence-electron chi connectivity index (χ4n) is 1.12. The van der Waals surface area contributed by atoms with E-state index in [4.69, 9.17) is 28.9 Å². The Morgan fingerprint density at radius 1 is 1.59 bits per heavy atom. The molecule has 1 amide bonds. The normalized spacial score (nSPS) is 11.4. The van der Waals surface area contributed by atoms with Gasteiger partial charge in [0.25, 0.3) is 0 Å². The molecule has 0 fully saturated rings. The van der Waals surface area contributed by atoms with Gasteiger partial charge >= 0.3 is 0 Å². The summed E-state index contributed by atoms with van der Waals surface area (Å²) in [7, 11) is 0. The van der Waals surface area contributed by atoms with Gasteiger partial charge < -0.3 is 11.1 Å². The second kappa shape index (κ2) is 5.84. The number of benzene rings is 1. The number of aliphatic imine (C=N–C) groups is 1. The number of rotatable bonds is 3. The topological polar surface area (TPSA) is 67.5 Å². The summed E-state index contributed by atoms with van der Waals surface area (Å²) in [6.45, 7) is 1.26. The van der Waals surface area contributed by atoms with Gasteiger partial charge in [0.2, 0.25) is 5.91 Å². The number of carbonyl (C=O) groups excluding carboxylic acids is 1. The molecule has 0 aliphatic heterocycles. The predicted molar refractivity (Wildman–Crippen MR) is 67.7 cm³/mol. The first kappa shape index (κ1) is 13.7. The van der Waals surface area contributed by atoms with Crippen LogP contribution in [0.2, 0.25) is 5.02 Å². The van der Waals surface area contributed by atoms with Gasteiger partial charge in [0.1, 0.15) is 11.7 Å². The number of alkyl halides is 1. The maximum Gasteiger partial charge on any atom is 0.221 e. The monoisotopic (exact) mass is 277 g/mol. The molecule has 4 nitrogen and oxygen atoms in total. The van der Waals surface area contributed by atoms with E-state index in [2.05, 4.69) is 10.3 Å². The second-order valence-corrected chi connectivity index (χ2v) is 3.88. The van der Waals surface area contributed by atoms with Crippen LogP contribution in [-0.4, -0.2) is 17.6 Å². The largest absolute Gasteiger partial charge is 0.386 e. The van der Waals surface area contributed by atoms with Gasteiger partial charge in [-0.15, -0.1) is 11.6 Å². The Morgan fingerprint density at radius 2 is 2.24 bits per heavy atom. The third-order valence-electron chi connectivity index (χ3n) is 1.74. The summed E-state index contributed by atoms with van der Waals surface area (Å²) >= 11 is 11.2. The van der Waals surface area contributed by atoms with Gasteiger partial charge in [0.15, 0.2) is 0 Å². The molecular formula is C10H10Cl2FN3O. The highest BCUT2D eigenvalue weighted by atomic mass is 35.5. The van der Waals surface area contributed by atoms with Crippen molar-refractivity contribution in [2.24, 2.45) is 10.7 Å². The van der Waals surface area contributed by atoms with Gasteiger partial charge in [0.05, 0.1) is 22.3 Å². The van der Waals surface area contributed by atoms with Gasteiger partial charge in [-0.1, -0.05) is 11.6 Å². The molecule has 0 saturated heterocycles. The molecule has 7 heteroatoms. The van der Waals surface area contributed by atoms with E-state index in [9.17, 15) is 9.18 Å². The van der Waals surface area contributed by atoms with Crippen molar-refractivity contribution in [3.05, 3.63) is 23.0 Å². The molecule has 0 saturated carbocycles. The highest BCUT2D eigenvalue weighted by Gasteiger charge is 2.10. The van der Waals surface area contributed by atoms with E-state index in [1.807, 2.05) is 0 Å². The lowest BCUT2D eigenvalue weighted by Gasteiger charge is -2.07. The number of amidine groups is 1. The van der Waals surface area contributed by atoms with Crippen molar-refractivity contribution in [1.82, 2.24) is 0 Å². The van der Waals surface area contributed by atoms with Crippen molar-refractivity contribution in [3.8, 4) is 0 Å². The van der Waals surface area contributed by atoms with Crippen LogP contribution >= 0.6 is 23.2 Å². The second-order valence-electron chi connectivity index (χ2n) is 3.20. The number of nitrogens with one attached hydrogen (secondary N) is 1. The van der Waals surface area contributed by atoms with Crippen molar-refractivity contribution in [1.29, 1.82) is 0 Å². The quantitative estimate of drug-likeness (QED) is 0.507. The average Bonchev–Trinajstić information content (AvgIpc) is 2.23. The molecule has 0 aliphatic carbocycles. The van der Waals surface area contributed by atoms with Crippen LogP contribution in [0.1, 0.15) is 6.92 Å². The van der Waals surface area contributed by atoms with Gasteiger partial charge in [-0.3, -0.25) is 4.79 Å². The van der Waals surface area contributed by atoms with Crippen LogP contribution in [0.15, 0.2) is 17.1 Å². The zero-order chi connectivity index (χ0) is 13.0. The van der Waals surface area contributed by atoms with E-state index in [0.717, 1.165) is 6.07 Å². The fourth-order valence-corrected chi connectivity index (χ4v) is 1.42. The van der Waals surface area contributed by atoms with Crippen LogP contribution in [0.3, 0.4) is 0 Å². The Balaban J connectivity index is 3.13. The molecule has 0 aliphatic rings. The average molecular weight is 278 g/mol. The number of carbonyl (C=O) groups is 1. The lowest BCUT2D eigenvalue weighted by molar-refractivity contribution is -0.114. The van der Waals surface area contributed by atoms with Crippen LogP contribution < -0.4 is 11.1 Å². The van der Waals surface area contributed by atoms with Crippen molar-refractivity contribution in [2.45, 2.75) is 6.92 Å². The van der Waals surface area contributed by atoms with E-state index in [1.165, 1.54) is 13.0 Å².